The van der Waals surface area contributed by atoms with Crippen molar-refractivity contribution in [1.29, 1.82) is 0 Å². The van der Waals surface area contributed by atoms with E-state index in [-0.39, 0.29) is 17.9 Å². The van der Waals surface area contributed by atoms with E-state index in [4.69, 9.17) is 5.11 Å². The molecular formula is C21H20N2O5. The summed E-state index contributed by atoms with van der Waals surface area (Å²) < 4.78 is 0. The lowest BCUT2D eigenvalue weighted by molar-refractivity contribution is -0.137. The fraction of sp³-hybridized carbons (Fsp3) is 0.286. The molecule has 0 fully saturated rings. The number of carboxylic acids is 2. The van der Waals surface area contributed by atoms with Gasteiger partial charge in [0.1, 0.15) is 0 Å². The number of anilines is 1. The predicted molar refractivity (Wildman–Crippen MR) is 103 cm³/mol. The zero-order valence-corrected chi connectivity index (χ0v) is 15.2. The highest BCUT2D eigenvalue weighted by molar-refractivity contribution is 6.35. The number of nitrogens with one attached hydrogen (secondary N) is 2. The van der Waals surface area contributed by atoms with Gasteiger partial charge in [-0.25, -0.2) is 4.79 Å². The van der Waals surface area contributed by atoms with Crippen molar-refractivity contribution in [3.63, 3.8) is 0 Å². The van der Waals surface area contributed by atoms with Crippen LogP contribution >= 0.6 is 0 Å². The van der Waals surface area contributed by atoms with Crippen LogP contribution in [0.1, 0.15) is 57.7 Å². The quantitative estimate of drug-likeness (QED) is 0.594. The van der Waals surface area contributed by atoms with E-state index in [1.807, 2.05) is 0 Å². The molecule has 0 bridgehead atoms. The third kappa shape index (κ3) is 3.19. The molecule has 1 aliphatic heterocycles. The number of fused-ring (bicyclic) bond motifs is 2. The number of aliphatic carboxylic acids is 1. The molecule has 144 valence electrons. The van der Waals surface area contributed by atoms with Crippen molar-refractivity contribution in [2.24, 2.45) is 0 Å². The number of hydrogen-bond acceptors (Lipinski definition) is 3. The molecule has 4 rings (SSSR count). The van der Waals surface area contributed by atoms with Gasteiger partial charge in [0.05, 0.1) is 16.8 Å². The molecular weight excluding hydrogens is 360 g/mol. The Morgan fingerprint density at radius 1 is 1.14 bits per heavy atom. The number of benzene rings is 1. The van der Waals surface area contributed by atoms with E-state index in [1.165, 1.54) is 0 Å². The highest BCUT2D eigenvalue weighted by atomic mass is 16.4. The van der Waals surface area contributed by atoms with Gasteiger partial charge < -0.3 is 20.5 Å². The second kappa shape index (κ2) is 6.99. The van der Waals surface area contributed by atoms with Crippen LogP contribution in [0.2, 0.25) is 0 Å². The fourth-order valence-corrected chi connectivity index (χ4v) is 3.99. The van der Waals surface area contributed by atoms with Crippen molar-refractivity contribution in [2.45, 2.75) is 38.5 Å². The van der Waals surface area contributed by atoms with Crippen molar-refractivity contribution in [2.75, 3.05) is 5.32 Å². The summed E-state index contributed by atoms with van der Waals surface area (Å²) in [6.07, 6.45) is 5.47. The van der Waals surface area contributed by atoms with Crippen LogP contribution in [-0.4, -0.2) is 33.0 Å². The van der Waals surface area contributed by atoms with Crippen LogP contribution in [0.25, 0.3) is 11.6 Å². The number of hydrogen-bond donors (Lipinski definition) is 4. The maximum Gasteiger partial charge on any atom is 0.338 e. The van der Waals surface area contributed by atoms with Crippen LogP contribution in [0.4, 0.5) is 5.69 Å². The van der Waals surface area contributed by atoms with Crippen molar-refractivity contribution < 1.29 is 24.6 Å². The van der Waals surface area contributed by atoms with Crippen LogP contribution in [0.5, 0.6) is 0 Å². The van der Waals surface area contributed by atoms with Crippen LogP contribution in [-0.2, 0) is 28.9 Å². The summed E-state index contributed by atoms with van der Waals surface area (Å²) >= 11 is 0. The SMILES string of the molecule is O=C(O)CCc1ccc2c(c1)C(=Cc1[nH]c3c(c1C(=O)O)CCCC3)C(=O)N2. The average Bonchev–Trinajstić information content (AvgIpc) is 3.17. The lowest BCUT2D eigenvalue weighted by atomic mass is 9.94. The first-order valence-electron chi connectivity index (χ1n) is 9.29. The Labute approximate surface area is 161 Å². The molecule has 7 heteroatoms. The average molecular weight is 380 g/mol. The third-order valence-electron chi connectivity index (χ3n) is 5.32. The lowest BCUT2D eigenvalue weighted by Crippen LogP contribution is -2.07. The summed E-state index contributed by atoms with van der Waals surface area (Å²) in [6, 6.07) is 5.34. The van der Waals surface area contributed by atoms with Gasteiger partial charge in [-0.3, -0.25) is 9.59 Å². The summed E-state index contributed by atoms with van der Waals surface area (Å²) in [5.74, 6) is -2.18. The number of aromatic carboxylic acids is 1. The van der Waals surface area contributed by atoms with E-state index >= 15 is 0 Å². The molecule has 1 amide bonds. The topological polar surface area (TPSA) is 119 Å². The van der Waals surface area contributed by atoms with Crippen molar-refractivity contribution in [1.82, 2.24) is 4.98 Å². The fourth-order valence-electron chi connectivity index (χ4n) is 3.99. The number of carboxylic acid groups (broad SMARTS) is 2. The van der Waals surface area contributed by atoms with Crippen LogP contribution in [0.3, 0.4) is 0 Å². The summed E-state index contributed by atoms with van der Waals surface area (Å²) in [7, 11) is 0. The minimum absolute atomic E-state index is 0.00567. The summed E-state index contributed by atoms with van der Waals surface area (Å²) in [4.78, 5) is 38.4. The molecule has 4 N–H and O–H groups in total. The highest BCUT2D eigenvalue weighted by Crippen LogP contribution is 2.36. The molecule has 1 aromatic heterocycles. The smallest absolute Gasteiger partial charge is 0.338 e. The zero-order chi connectivity index (χ0) is 19.8. The number of aromatic nitrogens is 1. The zero-order valence-electron chi connectivity index (χ0n) is 15.2. The Hall–Kier alpha value is -3.35. The molecule has 2 heterocycles. The second-order valence-electron chi connectivity index (χ2n) is 7.17. The number of H-pyrrole nitrogens is 1. The molecule has 1 aliphatic carbocycles. The van der Waals surface area contributed by atoms with Gasteiger partial charge in [0.15, 0.2) is 0 Å². The molecule has 2 aliphatic rings. The number of aryl methyl sites for hydroxylation is 2. The molecule has 7 nitrogen and oxygen atoms in total. The van der Waals surface area contributed by atoms with Gasteiger partial charge in [-0.2, -0.15) is 0 Å². The largest absolute Gasteiger partial charge is 0.481 e. The number of aromatic amines is 1. The van der Waals surface area contributed by atoms with E-state index in [0.717, 1.165) is 42.5 Å². The Kier molecular flexibility index (Phi) is 4.50. The van der Waals surface area contributed by atoms with Crippen molar-refractivity contribution in [3.05, 3.63) is 51.8 Å². The molecule has 0 saturated heterocycles. The standard InChI is InChI=1S/C21H20N2O5/c24-18(25)8-6-11-5-7-16-13(9-11)14(20(26)23-16)10-17-19(21(27)28)12-3-1-2-4-15(12)22-17/h5,7,9-10,22H,1-4,6,8H2,(H,23,26)(H,24,25)(H,27,28). The molecule has 1 aromatic carbocycles. The molecule has 0 atom stereocenters. The Bertz CT molecular complexity index is 1030. The number of carbonyl (C=O) groups excluding carboxylic acids is 1. The van der Waals surface area contributed by atoms with E-state index in [0.29, 0.717) is 28.9 Å². The Morgan fingerprint density at radius 2 is 1.93 bits per heavy atom. The van der Waals surface area contributed by atoms with E-state index < -0.39 is 11.9 Å². The van der Waals surface area contributed by atoms with Gasteiger partial charge in [-0.1, -0.05) is 6.07 Å². The van der Waals surface area contributed by atoms with Gasteiger partial charge >= 0.3 is 11.9 Å². The first kappa shape index (κ1) is 18.0. The first-order chi connectivity index (χ1) is 13.4. The van der Waals surface area contributed by atoms with Gasteiger partial charge in [0.2, 0.25) is 0 Å². The highest BCUT2D eigenvalue weighted by Gasteiger charge is 2.28. The van der Waals surface area contributed by atoms with Gasteiger partial charge in [-0.05, 0) is 61.4 Å². The molecule has 0 spiro atoms. The molecule has 28 heavy (non-hydrogen) atoms. The van der Waals surface area contributed by atoms with E-state index in [1.54, 1.807) is 24.3 Å². The van der Waals surface area contributed by atoms with E-state index in [2.05, 4.69) is 10.3 Å². The van der Waals surface area contributed by atoms with E-state index in [9.17, 15) is 19.5 Å². The number of rotatable bonds is 5. The molecule has 0 unspecified atom stereocenters. The monoisotopic (exact) mass is 380 g/mol. The molecule has 2 aromatic rings. The minimum atomic E-state index is -1.000. The normalized spacial score (nSPS) is 16.6. The maximum atomic E-state index is 12.5. The lowest BCUT2D eigenvalue weighted by Gasteiger charge is -2.10. The summed E-state index contributed by atoms with van der Waals surface area (Å²) in [6.45, 7) is 0. The van der Waals surface area contributed by atoms with Crippen LogP contribution < -0.4 is 5.32 Å². The van der Waals surface area contributed by atoms with Crippen LogP contribution in [0, 0.1) is 0 Å². The predicted octanol–water partition coefficient (Wildman–Crippen LogP) is 3.10. The molecule has 0 radical (unpaired) electrons. The maximum absolute atomic E-state index is 12.5. The number of amides is 1. The van der Waals surface area contributed by atoms with Crippen LogP contribution in [0.15, 0.2) is 18.2 Å². The van der Waals surface area contributed by atoms with Crippen molar-refractivity contribution >= 4 is 35.2 Å². The second-order valence-corrected chi connectivity index (χ2v) is 7.17. The minimum Gasteiger partial charge on any atom is -0.481 e. The first-order valence-corrected chi connectivity index (χ1v) is 9.29. The van der Waals surface area contributed by atoms with Gasteiger partial charge in [-0.15, -0.1) is 0 Å². The Morgan fingerprint density at radius 3 is 2.68 bits per heavy atom. The summed E-state index contributed by atoms with van der Waals surface area (Å²) in [5, 5.41) is 21.4. The Balaban J connectivity index is 1.77. The van der Waals surface area contributed by atoms with Gasteiger partial charge in [0.25, 0.3) is 5.91 Å². The molecule has 0 saturated carbocycles. The van der Waals surface area contributed by atoms with Gasteiger partial charge in [0, 0.05) is 23.4 Å². The van der Waals surface area contributed by atoms with Crippen molar-refractivity contribution in [3.8, 4) is 0 Å². The number of carbonyl (C=O) groups is 3. The third-order valence-corrected chi connectivity index (χ3v) is 5.32. The summed E-state index contributed by atoms with van der Waals surface area (Å²) in [5.41, 5.74) is 4.95.